The lowest BCUT2D eigenvalue weighted by Gasteiger charge is -2.31. The van der Waals surface area contributed by atoms with Gasteiger partial charge in [0.2, 0.25) is 17.7 Å². The van der Waals surface area contributed by atoms with Crippen LogP contribution in [0.15, 0.2) is 75.0 Å². The van der Waals surface area contributed by atoms with E-state index in [9.17, 15) is 19.2 Å². The SMILES string of the molecule is COc1ccc([C@H]2c3sc(=O)n(CC(=O)Nc4ccc(Cl)c(Cl)c4)c3SC3C(=O)N(c4ccc(Br)cc4)C(=O)C32)cc1OC. The molecule has 2 aliphatic heterocycles. The largest absolute Gasteiger partial charge is 0.493 e. The molecule has 1 N–H and O–H groups in total. The number of halogens is 3. The molecule has 0 bridgehead atoms. The summed E-state index contributed by atoms with van der Waals surface area (Å²) in [5.41, 5.74) is 1.54. The van der Waals surface area contributed by atoms with Crippen LogP contribution in [0.3, 0.4) is 0 Å². The van der Waals surface area contributed by atoms with Crippen LogP contribution in [0.25, 0.3) is 0 Å². The summed E-state index contributed by atoms with van der Waals surface area (Å²) in [4.78, 5) is 56.0. The van der Waals surface area contributed by atoms with Crippen LogP contribution in [-0.2, 0) is 20.9 Å². The minimum Gasteiger partial charge on any atom is -0.493 e. The monoisotopic (exact) mass is 733 g/mol. The second kappa shape index (κ2) is 12.2. The minimum absolute atomic E-state index is 0.272. The molecule has 0 aliphatic carbocycles. The smallest absolute Gasteiger partial charge is 0.308 e. The number of imide groups is 1. The Balaban J connectivity index is 1.43. The van der Waals surface area contributed by atoms with E-state index in [1.165, 1.54) is 29.8 Å². The number of carbonyl (C=O) groups is 3. The molecule has 1 fully saturated rings. The molecule has 9 nitrogen and oxygen atoms in total. The number of thioether (sulfide) groups is 1. The van der Waals surface area contributed by atoms with E-state index in [0.717, 1.165) is 27.6 Å². The summed E-state index contributed by atoms with van der Waals surface area (Å²) in [6.45, 7) is -0.313. The summed E-state index contributed by atoms with van der Waals surface area (Å²) in [5, 5.41) is 2.98. The van der Waals surface area contributed by atoms with Gasteiger partial charge in [-0.05, 0) is 60.2 Å². The second-order valence-electron chi connectivity index (χ2n) is 9.95. The van der Waals surface area contributed by atoms with Gasteiger partial charge >= 0.3 is 4.87 Å². The first kappa shape index (κ1) is 30.7. The number of nitrogens with zero attached hydrogens (tertiary/aromatic N) is 2. The molecule has 1 saturated heterocycles. The first-order valence-corrected chi connectivity index (χ1v) is 16.4. The van der Waals surface area contributed by atoms with Gasteiger partial charge in [-0.3, -0.25) is 23.7 Å². The number of thiazole rings is 1. The van der Waals surface area contributed by atoms with Gasteiger partial charge in [-0.2, -0.15) is 0 Å². The van der Waals surface area contributed by atoms with Crippen molar-refractivity contribution < 1.29 is 23.9 Å². The van der Waals surface area contributed by atoms with Crippen LogP contribution < -0.4 is 24.6 Å². The molecule has 1 aromatic heterocycles. The Morgan fingerprint density at radius 3 is 2.34 bits per heavy atom. The van der Waals surface area contributed by atoms with E-state index in [1.54, 1.807) is 54.6 Å². The summed E-state index contributed by atoms with van der Waals surface area (Å²) in [5.74, 6) is -1.77. The molecule has 3 heterocycles. The Labute approximate surface area is 278 Å². The number of methoxy groups -OCH3 is 2. The highest BCUT2D eigenvalue weighted by Crippen LogP contribution is 2.54. The molecule has 2 unspecified atom stereocenters. The van der Waals surface area contributed by atoms with Gasteiger partial charge in [0.15, 0.2) is 11.5 Å². The van der Waals surface area contributed by atoms with Gasteiger partial charge in [-0.25, -0.2) is 4.90 Å². The third kappa shape index (κ3) is 5.43. The maximum Gasteiger partial charge on any atom is 0.308 e. The molecule has 14 heteroatoms. The van der Waals surface area contributed by atoms with Gasteiger partial charge < -0.3 is 14.8 Å². The van der Waals surface area contributed by atoms with E-state index in [2.05, 4.69) is 21.2 Å². The van der Waals surface area contributed by atoms with Crippen molar-refractivity contribution in [2.24, 2.45) is 5.92 Å². The zero-order valence-corrected chi connectivity index (χ0v) is 27.7. The summed E-state index contributed by atoms with van der Waals surface area (Å²) in [7, 11) is 3.03. The number of rotatable bonds is 7. The zero-order chi connectivity index (χ0) is 31.3. The van der Waals surface area contributed by atoms with Crippen LogP contribution >= 0.6 is 62.2 Å². The first-order valence-electron chi connectivity index (χ1n) is 13.1. The molecule has 0 spiro atoms. The molecule has 3 atom stereocenters. The first-order chi connectivity index (χ1) is 21.1. The van der Waals surface area contributed by atoms with E-state index < -0.39 is 28.9 Å². The summed E-state index contributed by atoms with van der Waals surface area (Å²) in [6.07, 6.45) is 0. The van der Waals surface area contributed by atoms with Crippen LogP contribution in [0.4, 0.5) is 11.4 Å². The average molecular weight is 735 g/mol. The fraction of sp³-hybridized carbons (Fsp3) is 0.200. The van der Waals surface area contributed by atoms with Crippen molar-refractivity contribution in [1.82, 2.24) is 4.57 Å². The Morgan fingerprint density at radius 1 is 0.932 bits per heavy atom. The Bertz CT molecular complexity index is 1880. The van der Waals surface area contributed by atoms with E-state index in [4.69, 9.17) is 32.7 Å². The highest BCUT2D eigenvalue weighted by molar-refractivity contribution is 9.10. The van der Waals surface area contributed by atoms with E-state index >= 15 is 0 Å². The third-order valence-corrected chi connectivity index (χ3v) is 11.3. The lowest BCUT2D eigenvalue weighted by molar-refractivity contribution is -0.122. The van der Waals surface area contributed by atoms with Crippen LogP contribution in [0.5, 0.6) is 11.5 Å². The molecule has 4 aromatic rings. The lowest BCUT2D eigenvalue weighted by Crippen LogP contribution is -2.33. The fourth-order valence-corrected chi connectivity index (χ4v) is 8.76. The molecule has 6 rings (SSSR count). The Kier molecular flexibility index (Phi) is 8.55. The van der Waals surface area contributed by atoms with Gasteiger partial charge in [0.05, 0.1) is 40.9 Å². The number of benzene rings is 3. The predicted octanol–water partition coefficient (Wildman–Crippen LogP) is 6.43. The zero-order valence-electron chi connectivity index (χ0n) is 23.0. The van der Waals surface area contributed by atoms with Crippen LogP contribution in [0.2, 0.25) is 10.0 Å². The molecule has 44 heavy (non-hydrogen) atoms. The van der Waals surface area contributed by atoms with Gasteiger partial charge in [-0.15, -0.1) is 0 Å². The van der Waals surface area contributed by atoms with Gasteiger partial charge in [-0.1, -0.05) is 68.3 Å². The number of ether oxygens (including phenoxy) is 2. The van der Waals surface area contributed by atoms with E-state index in [-0.39, 0.29) is 22.3 Å². The van der Waals surface area contributed by atoms with Gasteiger partial charge in [0.1, 0.15) is 11.8 Å². The number of carbonyl (C=O) groups excluding carboxylic acids is 3. The third-order valence-electron chi connectivity index (χ3n) is 7.41. The maximum absolute atomic E-state index is 14.1. The number of nitrogens with one attached hydrogen (secondary N) is 1. The number of amides is 3. The van der Waals surface area contributed by atoms with Crippen molar-refractivity contribution >= 4 is 91.3 Å². The minimum atomic E-state index is -0.838. The molecule has 0 radical (unpaired) electrons. The quantitative estimate of drug-likeness (QED) is 0.218. The predicted molar refractivity (Wildman–Crippen MR) is 175 cm³/mol. The van der Waals surface area contributed by atoms with Crippen molar-refractivity contribution in [1.29, 1.82) is 0 Å². The number of fused-ring (bicyclic) bond motifs is 2. The lowest BCUT2D eigenvalue weighted by atomic mass is 9.83. The molecule has 0 saturated carbocycles. The molecule has 3 aromatic carbocycles. The standard InChI is InChI=1S/C30H22BrCl2N3O6S2/c1-41-20-10-3-14(11-21(20)42-2)23-24-25(28(39)36(27(24)38)17-7-4-15(31)5-8-17)43-29-26(23)44-30(40)35(29)13-22(37)34-16-6-9-18(32)19(33)12-16/h3-12,23-25H,13H2,1-2H3,(H,34,37)/t23-,24?,25?/m1/s1. The van der Waals surface area contributed by atoms with Crippen LogP contribution in [0.1, 0.15) is 16.4 Å². The van der Waals surface area contributed by atoms with Crippen molar-refractivity contribution in [3.05, 3.63) is 95.3 Å². The highest BCUT2D eigenvalue weighted by atomic mass is 79.9. The summed E-state index contributed by atoms with van der Waals surface area (Å²) < 4.78 is 13.1. The molecule has 3 amide bonds. The second-order valence-corrected chi connectivity index (χ2v) is 13.8. The van der Waals surface area contributed by atoms with Crippen molar-refractivity contribution in [3.63, 3.8) is 0 Å². The van der Waals surface area contributed by atoms with E-state index in [1.807, 2.05) is 0 Å². The number of anilines is 2. The van der Waals surface area contributed by atoms with E-state index in [0.29, 0.717) is 43.4 Å². The topological polar surface area (TPSA) is 107 Å². The molecule has 2 aliphatic rings. The number of aromatic nitrogens is 1. The maximum atomic E-state index is 14.1. The van der Waals surface area contributed by atoms with Crippen molar-refractivity contribution in [2.45, 2.75) is 22.7 Å². The van der Waals surface area contributed by atoms with Crippen LogP contribution in [0, 0.1) is 5.92 Å². The summed E-state index contributed by atoms with van der Waals surface area (Å²) >= 11 is 17.6. The van der Waals surface area contributed by atoms with Crippen molar-refractivity contribution in [3.8, 4) is 11.5 Å². The summed E-state index contributed by atoms with van der Waals surface area (Å²) in [6, 6.07) is 16.9. The van der Waals surface area contributed by atoms with Gasteiger partial charge in [0.25, 0.3) is 0 Å². The Morgan fingerprint density at radius 2 is 1.66 bits per heavy atom. The van der Waals surface area contributed by atoms with Gasteiger partial charge in [0, 0.05) is 21.0 Å². The van der Waals surface area contributed by atoms with Crippen molar-refractivity contribution in [2.75, 3.05) is 24.4 Å². The molecule has 226 valence electrons. The average Bonchev–Trinajstić information content (AvgIpc) is 3.45. The Hall–Kier alpha value is -3.29. The highest BCUT2D eigenvalue weighted by Gasteiger charge is 2.57. The number of hydrogen-bond acceptors (Lipinski definition) is 8. The van der Waals surface area contributed by atoms with Crippen LogP contribution in [-0.4, -0.2) is 41.8 Å². The fourth-order valence-electron chi connectivity index (χ4n) is 5.42. The normalized spacial score (nSPS) is 19.0. The molecular formula is C30H22BrCl2N3O6S2. The molecular weight excluding hydrogens is 713 g/mol. The number of hydrogen-bond donors (Lipinski definition) is 1.